The van der Waals surface area contributed by atoms with Gasteiger partial charge in [0, 0.05) is 10.9 Å². The molecular weight excluding hydrogens is 450 g/mol. The number of furan rings is 1. The van der Waals surface area contributed by atoms with Crippen molar-refractivity contribution in [3.63, 3.8) is 0 Å². The van der Waals surface area contributed by atoms with Crippen molar-refractivity contribution in [2.45, 2.75) is 19.0 Å². The molecule has 32 heavy (non-hydrogen) atoms. The van der Waals surface area contributed by atoms with Gasteiger partial charge in [0.05, 0.1) is 24.3 Å². The summed E-state index contributed by atoms with van der Waals surface area (Å²) in [5.74, 6) is -0.239. The number of benzene rings is 1. The number of thioether (sulfide) groups is 1. The molecule has 0 saturated heterocycles. The van der Waals surface area contributed by atoms with Crippen LogP contribution in [0, 0.1) is 6.92 Å². The Bertz CT molecular complexity index is 1220. The zero-order valence-corrected chi connectivity index (χ0v) is 18.9. The first kappa shape index (κ1) is 21.8. The summed E-state index contributed by atoms with van der Waals surface area (Å²) in [5.41, 5.74) is 2.77. The van der Waals surface area contributed by atoms with Gasteiger partial charge in [-0.25, -0.2) is 4.79 Å². The van der Waals surface area contributed by atoms with E-state index in [9.17, 15) is 9.59 Å². The van der Waals surface area contributed by atoms with Crippen LogP contribution in [0.2, 0.25) is 0 Å². The molecule has 0 aliphatic heterocycles. The molecule has 4 aromatic rings. The Hall–Kier alpha value is -3.44. The molecule has 4 rings (SSSR count). The summed E-state index contributed by atoms with van der Waals surface area (Å²) in [5, 5.41) is 17.2. The van der Waals surface area contributed by atoms with Crippen LogP contribution in [0.25, 0.3) is 17.0 Å². The fraction of sp³-hybridized carbons (Fsp3) is 0.190. The minimum Gasteiger partial charge on any atom is -0.464 e. The third-order valence-electron chi connectivity index (χ3n) is 4.36. The van der Waals surface area contributed by atoms with E-state index in [1.807, 2.05) is 31.2 Å². The van der Waals surface area contributed by atoms with Gasteiger partial charge in [-0.2, -0.15) is 4.68 Å². The maximum absolute atomic E-state index is 12.6. The lowest BCUT2D eigenvalue weighted by Crippen LogP contribution is -2.16. The quantitative estimate of drug-likeness (QED) is 0.302. The van der Waals surface area contributed by atoms with Gasteiger partial charge in [0.1, 0.15) is 16.3 Å². The number of aromatic nitrogens is 4. The van der Waals surface area contributed by atoms with E-state index in [0.29, 0.717) is 21.5 Å². The molecule has 164 valence electrons. The monoisotopic (exact) mass is 469 g/mol. The number of nitrogens with one attached hydrogen (secondary N) is 1. The number of carbonyl (C=O) groups excluding carboxylic acids is 2. The highest BCUT2D eigenvalue weighted by atomic mass is 32.2. The minimum absolute atomic E-state index is 0.0580. The predicted octanol–water partition coefficient (Wildman–Crippen LogP) is 4.20. The van der Waals surface area contributed by atoms with Crippen LogP contribution in [0.4, 0.5) is 5.00 Å². The number of hydrogen-bond acceptors (Lipinski definition) is 9. The zero-order chi connectivity index (χ0) is 22.5. The molecule has 0 aliphatic rings. The van der Waals surface area contributed by atoms with E-state index in [-0.39, 0.29) is 23.8 Å². The molecule has 0 aliphatic carbocycles. The molecule has 0 atom stereocenters. The van der Waals surface area contributed by atoms with E-state index in [0.717, 1.165) is 11.3 Å². The summed E-state index contributed by atoms with van der Waals surface area (Å²) >= 11 is 2.43. The fourth-order valence-corrected chi connectivity index (χ4v) is 4.52. The molecule has 1 amide bonds. The van der Waals surface area contributed by atoms with Crippen LogP contribution in [0.3, 0.4) is 0 Å². The number of nitrogens with zero attached hydrogens (tertiary/aromatic N) is 4. The maximum Gasteiger partial charge on any atom is 0.341 e. The summed E-state index contributed by atoms with van der Waals surface area (Å²) in [6, 6.07) is 11.2. The lowest BCUT2D eigenvalue weighted by molar-refractivity contribution is -0.113. The number of ether oxygens (including phenoxy) is 1. The summed E-state index contributed by atoms with van der Waals surface area (Å²) in [4.78, 5) is 25.2. The molecule has 0 radical (unpaired) electrons. The highest BCUT2D eigenvalue weighted by Gasteiger charge is 2.24. The van der Waals surface area contributed by atoms with Gasteiger partial charge in [0.15, 0.2) is 0 Å². The standard InChI is InChI=1S/C21H19N5O4S2/c1-3-29-20(28)18-15(16-5-4-10-30-16)11-31-19(18)22-17(27)12-32-21-23-24-25-26(21)14-8-6-13(2)7-9-14/h4-11H,3,12H2,1-2H3,(H,22,27). The zero-order valence-electron chi connectivity index (χ0n) is 17.3. The average Bonchev–Trinajstić information content (AvgIpc) is 3.53. The van der Waals surface area contributed by atoms with Gasteiger partial charge >= 0.3 is 5.97 Å². The summed E-state index contributed by atoms with van der Waals surface area (Å²) in [6.45, 7) is 3.94. The van der Waals surface area contributed by atoms with Gasteiger partial charge in [-0.05, 0) is 48.5 Å². The van der Waals surface area contributed by atoms with Crippen LogP contribution in [0.1, 0.15) is 22.8 Å². The third-order valence-corrected chi connectivity index (χ3v) is 6.18. The molecule has 11 heteroatoms. The van der Waals surface area contributed by atoms with E-state index in [4.69, 9.17) is 9.15 Å². The van der Waals surface area contributed by atoms with Crippen LogP contribution >= 0.6 is 23.1 Å². The number of tetrazole rings is 1. The Kier molecular flexibility index (Phi) is 6.66. The van der Waals surface area contributed by atoms with E-state index in [1.54, 1.807) is 29.1 Å². The van der Waals surface area contributed by atoms with Gasteiger partial charge in [-0.15, -0.1) is 16.4 Å². The van der Waals surface area contributed by atoms with E-state index < -0.39 is 5.97 Å². The molecule has 3 aromatic heterocycles. The summed E-state index contributed by atoms with van der Waals surface area (Å²) in [6.07, 6.45) is 1.52. The largest absolute Gasteiger partial charge is 0.464 e. The minimum atomic E-state index is -0.522. The Morgan fingerprint density at radius 2 is 2.06 bits per heavy atom. The number of rotatable bonds is 8. The molecule has 3 heterocycles. The second-order valence-corrected chi connectivity index (χ2v) is 8.42. The normalized spacial score (nSPS) is 10.8. The van der Waals surface area contributed by atoms with Gasteiger partial charge in [-0.1, -0.05) is 29.5 Å². The number of thiophene rings is 1. The van der Waals surface area contributed by atoms with E-state index >= 15 is 0 Å². The van der Waals surface area contributed by atoms with Crippen molar-refractivity contribution in [2.75, 3.05) is 17.7 Å². The Balaban J connectivity index is 1.48. The second kappa shape index (κ2) is 9.79. The molecule has 0 saturated carbocycles. The maximum atomic E-state index is 12.6. The topological polar surface area (TPSA) is 112 Å². The Labute approximate surface area is 191 Å². The number of amides is 1. The molecule has 9 nitrogen and oxygen atoms in total. The summed E-state index contributed by atoms with van der Waals surface area (Å²) < 4.78 is 12.2. The van der Waals surface area contributed by atoms with Crippen LogP contribution in [-0.4, -0.2) is 44.4 Å². The fourth-order valence-electron chi connectivity index (χ4n) is 2.88. The van der Waals surface area contributed by atoms with Gasteiger partial charge < -0.3 is 14.5 Å². The molecular formula is C21H19N5O4S2. The van der Waals surface area contributed by atoms with E-state index in [2.05, 4.69) is 20.8 Å². The molecule has 0 fully saturated rings. The van der Waals surface area contributed by atoms with Crippen molar-refractivity contribution < 1.29 is 18.7 Å². The lowest BCUT2D eigenvalue weighted by atomic mass is 10.1. The smallest absolute Gasteiger partial charge is 0.341 e. The number of carbonyl (C=O) groups is 2. The number of esters is 1. The highest BCUT2D eigenvalue weighted by Crippen LogP contribution is 2.36. The van der Waals surface area contributed by atoms with Crippen molar-refractivity contribution in [1.82, 2.24) is 20.2 Å². The van der Waals surface area contributed by atoms with Gasteiger partial charge in [-0.3, -0.25) is 4.79 Å². The Morgan fingerprint density at radius 1 is 1.25 bits per heavy atom. The van der Waals surface area contributed by atoms with Crippen molar-refractivity contribution >= 4 is 40.0 Å². The van der Waals surface area contributed by atoms with Crippen molar-refractivity contribution in [3.05, 3.63) is 59.2 Å². The first-order chi connectivity index (χ1) is 15.6. The van der Waals surface area contributed by atoms with Gasteiger partial charge in [0.25, 0.3) is 0 Å². The number of hydrogen-bond donors (Lipinski definition) is 1. The van der Waals surface area contributed by atoms with Crippen molar-refractivity contribution in [1.29, 1.82) is 0 Å². The lowest BCUT2D eigenvalue weighted by Gasteiger charge is -2.08. The second-order valence-electron chi connectivity index (χ2n) is 6.60. The average molecular weight is 470 g/mol. The number of anilines is 1. The SMILES string of the molecule is CCOC(=O)c1c(-c2ccco2)csc1NC(=O)CSc1nnnn1-c1ccc(C)cc1. The van der Waals surface area contributed by atoms with Crippen LogP contribution < -0.4 is 5.32 Å². The first-order valence-electron chi connectivity index (χ1n) is 9.67. The molecule has 0 bridgehead atoms. The third kappa shape index (κ3) is 4.73. The van der Waals surface area contributed by atoms with Gasteiger partial charge in [0.2, 0.25) is 11.1 Å². The molecule has 0 unspecified atom stereocenters. The van der Waals surface area contributed by atoms with Crippen molar-refractivity contribution in [2.24, 2.45) is 0 Å². The van der Waals surface area contributed by atoms with E-state index in [1.165, 1.54) is 29.4 Å². The Morgan fingerprint density at radius 3 is 2.78 bits per heavy atom. The van der Waals surface area contributed by atoms with Crippen LogP contribution in [0.5, 0.6) is 0 Å². The molecule has 1 N–H and O–H groups in total. The highest BCUT2D eigenvalue weighted by molar-refractivity contribution is 7.99. The van der Waals surface area contributed by atoms with Crippen LogP contribution in [0.15, 0.2) is 57.6 Å². The molecule has 1 aromatic carbocycles. The number of aryl methyl sites for hydroxylation is 1. The van der Waals surface area contributed by atoms with Crippen LogP contribution in [-0.2, 0) is 9.53 Å². The van der Waals surface area contributed by atoms with Crippen molar-refractivity contribution in [3.8, 4) is 17.0 Å². The summed E-state index contributed by atoms with van der Waals surface area (Å²) in [7, 11) is 0. The predicted molar refractivity (Wildman–Crippen MR) is 121 cm³/mol. The first-order valence-corrected chi connectivity index (χ1v) is 11.5. The molecule has 0 spiro atoms.